The zero-order valence-corrected chi connectivity index (χ0v) is 17.9. The van der Waals surface area contributed by atoms with Gasteiger partial charge in [0.2, 0.25) is 0 Å². The molecule has 0 aliphatic carbocycles. The summed E-state index contributed by atoms with van der Waals surface area (Å²) in [4.78, 5) is 7.42. The van der Waals surface area contributed by atoms with Crippen molar-refractivity contribution in [1.29, 1.82) is 0 Å². The van der Waals surface area contributed by atoms with Crippen molar-refractivity contribution in [2.75, 3.05) is 45.9 Å². The summed E-state index contributed by atoms with van der Waals surface area (Å²) in [6, 6.07) is 0. The van der Waals surface area contributed by atoms with Gasteiger partial charge in [-0.3, -0.25) is 9.89 Å². The largest absolute Gasteiger partial charge is 0.388 e. The van der Waals surface area contributed by atoms with Crippen molar-refractivity contribution < 1.29 is 9.84 Å². The van der Waals surface area contributed by atoms with E-state index in [9.17, 15) is 5.11 Å². The number of hydrogen-bond donors (Lipinski definition) is 3. The quantitative estimate of drug-likeness (QED) is 0.400. The van der Waals surface area contributed by atoms with Crippen molar-refractivity contribution in [1.82, 2.24) is 15.5 Å². The van der Waals surface area contributed by atoms with Gasteiger partial charge in [0.25, 0.3) is 0 Å². The van der Waals surface area contributed by atoms with Crippen molar-refractivity contribution in [3.63, 3.8) is 0 Å². The maximum atomic E-state index is 10.9. The van der Waals surface area contributed by atoms with E-state index in [1.807, 2.05) is 0 Å². The zero-order chi connectivity index (χ0) is 19.6. The number of ether oxygens (including phenoxy) is 1. The lowest BCUT2D eigenvalue weighted by Crippen LogP contribution is -2.58. The Morgan fingerprint density at radius 2 is 1.70 bits per heavy atom. The predicted octanol–water partition coefficient (Wildman–Crippen LogP) is 2.52. The number of aliphatic hydroxyl groups is 1. The van der Waals surface area contributed by atoms with Gasteiger partial charge in [-0.2, -0.15) is 0 Å². The summed E-state index contributed by atoms with van der Waals surface area (Å²) in [6.45, 7) is 12.6. The third kappa shape index (κ3) is 6.61. The molecule has 0 bridgehead atoms. The summed E-state index contributed by atoms with van der Waals surface area (Å²) in [5.41, 5.74) is -0.509. The Balaban J connectivity index is 2.02. The molecule has 0 aromatic rings. The second kappa shape index (κ2) is 11.2. The minimum absolute atomic E-state index is 0.175. The van der Waals surface area contributed by atoms with Crippen molar-refractivity contribution >= 4 is 5.96 Å². The number of hydrogen-bond acceptors (Lipinski definition) is 4. The van der Waals surface area contributed by atoms with Crippen LogP contribution >= 0.6 is 0 Å². The van der Waals surface area contributed by atoms with Crippen molar-refractivity contribution in [3.05, 3.63) is 0 Å². The van der Waals surface area contributed by atoms with Gasteiger partial charge in [-0.05, 0) is 58.5 Å². The third-order valence-electron chi connectivity index (χ3n) is 6.09. The lowest BCUT2D eigenvalue weighted by atomic mass is 9.88. The molecule has 6 heteroatoms. The molecule has 0 unspecified atom stereocenters. The monoisotopic (exact) mass is 382 g/mol. The van der Waals surface area contributed by atoms with Crippen LogP contribution in [0.2, 0.25) is 0 Å². The highest BCUT2D eigenvalue weighted by Gasteiger charge is 2.39. The van der Waals surface area contributed by atoms with Gasteiger partial charge in [0.15, 0.2) is 5.96 Å². The van der Waals surface area contributed by atoms with Crippen LogP contribution in [-0.2, 0) is 4.74 Å². The van der Waals surface area contributed by atoms with Crippen molar-refractivity contribution in [2.45, 2.75) is 83.3 Å². The smallest absolute Gasteiger partial charge is 0.191 e. The van der Waals surface area contributed by atoms with Crippen LogP contribution in [0.15, 0.2) is 4.99 Å². The van der Waals surface area contributed by atoms with E-state index in [1.54, 1.807) is 0 Å². The molecule has 0 aromatic carbocycles. The van der Waals surface area contributed by atoms with Gasteiger partial charge in [-0.15, -0.1) is 0 Å². The van der Waals surface area contributed by atoms with E-state index >= 15 is 0 Å². The van der Waals surface area contributed by atoms with Gasteiger partial charge < -0.3 is 20.5 Å². The van der Waals surface area contributed by atoms with Crippen LogP contribution in [-0.4, -0.2) is 73.0 Å². The van der Waals surface area contributed by atoms with Gasteiger partial charge in [-0.25, -0.2) is 0 Å². The summed E-state index contributed by atoms with van der Waals surface area (Å²) in [5, 5.41) is 17.8. The Bertz CT molecular complexity index is 437. The summed E-state index contributed by atoms with van der Waals surface area (Å²) >= 11 is 0. The molecular weight excluding hydrogens is 340 g/mol. The number of nitrogens with one attached hydrogen (secondary N) is 2. The van der Waals surface area contributed by atoms with Crippen LogP contribution < -0.4 is 10.6 Å². The number of nitrogens with zero attached hydrogens (tertiary/aromatic N) is 2. The molecule has 2 fully saturated rings. The van der Waals surface area contributed by atoms with Crippen LogP contribution in [0.5, 0.6) is 0 Å². The maximum Gasteiger partial charge on any atom is 0.191 e. The molecule has 0 spiro atoms. The number of rotatable bonds is 10. The first-order chi connectivity index (χ1) is 13.1. The fraction of sp³-hybridized carbons (Fsp3) is 0.952. The van der Waals surface area contributed by atoms with E-state index in [0.717, 1.165) is 70.8 Å². The van der Waals surface area contributed by atoms with E-state index in [1.165, 1.54) is 25.9 Å². The fourth-order valence-electron chi connectivity index (χ4n) is 4.58. The van der Waals surface area contributed by atoms with Crippen molar-refractivity contribution in [2.24, 2.45) is 4.99 Å². The molecule has 6 nitrogen and oxygen atoms in total. The summed E-state index contributed by atoms with van der Waals surface area (Å²) in [7, 11) is 0. The Hall–Kier alpha value is -0.850. The normalized spacial score (nSPS) is 21.4. The highest BCUT2D eigenvalue weighted by atomic mass is 16.5. The first-order valence-corrected chi connectivity index (χ1v) is 11.1. The Kier molecular flexibility index (Phi) is 9.33. The molecule has 2 saturated heterocycles. The third-order valence-corrected chi connectivity index (χ3v) is 6.09. The lowest BCUT2D eigenvalue weighted by Gasteiger charge is -2.45. The van der Waals surface area contributed by atoms with E-state index in [0.29, 0.717) is 6.54 Å². The zero-order valence-electron chi connectivity index (χ0n) is 17.9. The lowest BCUT2D eigenvalue weighted by molar-refractivity contribution is -0.0164. The Labute approximate surface area is 166 Å². The van der Waals surface area contributed by atoms with Gasteiger partial charge in [0.1, 0.15) is 0 Å². The molecule has 3 N–H and O–H groups in total. The van der Waals surface area contributed by atoms with E-state index in [2.05, 4.69) is 36.3 Å². The summed E-state index contributed by atoms with van der Waals surface area (Å²) in [5.74, 6) is 0.827. The van der Waals surface area contributed by atoms with Crippen LogP contribution in [0.4, 0.5) is 0 Å². The number of guanidine groups is 1. The molecule has 2 heterocycles. The molecule has 2 rings (SSSR count). The molecule has 158 valence electrons. The first-order valence-electron chi connectivity index (χ1n) is 11.1. The molecule has 2 aliphatic rings. The van der Waals surface area contributed by atoms with Crippen molar-refractivity contribution in [3.8, 4) is 0 Å². The summed E-state index contributed by atoms with van der Waals surface area (Å²) < 4.78 is 5.65. The van der Waals surface area contributed by atoms with Gasteiger partial charge in [0.05, 0.1) is 12.1 Å². The second-order valence-corrected chi connectivity index (χ2v) is 8.30. The molecular formula is C21H42N4O2. The van der Waals surface area contributed by atoms with E-state index < -0.39 is 5.60 Å². The fourth-order valence-corrected chi connectivity index (χ4v) is 4.58. The van der Waals surface area contributed by atoms with E-state index in [-0.39, 0.29) is 5.54 Å². The highest BCUT2D eigenvalue weighted by Crippen LogP contribution is 2.30. The van der Waals surface area contributed by atoms with Gasteiger partial charge in [0, 0.05) is 31.8 Å². The summed E-state index contributed by atoms with van der Waals surface area (Å²) in [6.07, 6.45) is 8.33. The number of aliphatic imine (C=N–C) groups is 1. The standard InChI is InChI=1S/C21H42N4O2/c1-4-9-21(26,10-5-2)18-24-19(22-6-3)23-17-20(11-15-27-16-12-20)25-13-7-8-14-25/h26H,4-18H2,1-3H3,(H2,22,23,24). The average molecular weight is 383 g/mol. The predicted molar refractivity (Wildman–Crippen MR) is 112 cm³/mol. The molecule has 0 atom stereocenters. The average Bonchev–Trinajstić information content (AvgIpc) is 3.21. The van der Waals surface area contributed by atoms with Crippen LogP contribution in [0, 0.1) is 0 Å². The molecule has 2 aliphatic heterocycles. The van der Waals surface area contributed by atoms with Gasteiger partial charge in [-0.1, -0.05) is 26.7 Å². The molecule has 0 aromatic heterocycles. The maximum absolute atomic E-state index is 10.9. The second-order valence-electron chi connectivity index (χ2n) is 8.30. The molecule has 0 amide bonds. The van der Waals surface area contributed by atoms with E-state index in [4.69, 9.17) is 9.73 Å². The topological polar surface area (TPSA) is 69.1 Å². The van der Waals surface area contributed by atoms with Crippen LogP contribution in [0.25, 0.3) is 0 Å². The molecule has 27 heavy (non-hydrogen) atoms. The van der Waals surface area contributed by atoms with Gasteiger partial charge >= 0.3 is 0 Å². The highest BCUT2D eigenvalue weighted by molar-refractivity contribution is 5.79. The molecule has 0 radical (unpaired) electrons. The first kappa shape index (κ1) is 22.4. The number of likely N-dealkylation sites (tertiary alicyclic amines) is 1. The van der Waals surface area contributed by atoms with Crippen LogP contribution in [0.3, 0.4) is 0 Å². The van der Waals surface area contributed by atoms with Crippen LogP contribution in [0.1, 0.15) is 72.1 Å². The Morgan fingerprint density at radius 1 is 1.07 bits per heavy atom. The SMILES string of the molecule is CCCC(O)(CCC)CN=C(NCC)NCC1(N2CCCC2)CCOCC1. The molecule has 0 saturated carbocycles. The minimum atomic E-state index is -0.683. The minimum Gasteiger partial charge on any atom is -0.388 e. The Morgan fingerprint density at radius 3 is 2.26 bits per heavy atom.